The van der Waals surface area contributed by atoms with E-state index in [1.165, 1.54) is 6.20 Å². The number of nitrogens with one attached hydrogen (secondary N) is 2. The summed E-state index contributed by atoms with van der Waals surface area (Å²) in [4.78, 5) is 4.00. The van der Waals surface area contributed by atoms with E-state index in [1.807, 2.05) is 12.1 Å². The van der Waals surface area contributed by atoms with E-state index in [1.54, 1.807) is 24.3 Å². The van der Waals surface area contributed by atoms with Crippen molar-refractivity contribution in [2.75, 3.05) is 16.3 Å². The van der Waals surface area contributed by atoms with E-state index in [2.05, 4.69) is 15.0 Å². The maximum Gasteiger partial charge on any atom is 0.230 e. The Morgan fingerprint density at radius 2 is 1.95 bits per heavy atom. The third-order valence-electron chi connectivity index (χ3n) is 2.17. The first-order valence-corrected chi connectivity index (χ1v) is 7.66. The Kier molecular flexibility index (Phi) is 3.92. The third kappa shape index (κ3) is 4.42. The van der Waals surface area contributed by atoms with Gasteiger partial charge in [0, 0.05) is 10.7 Å². The van der Waals surface area contributed by atoms with E-state index in [0.29, 0.717) is 5.02 Å². The van der Waals surface area contributed by atoms with Crippen LogP contribution < -0.4 is 10.0 Å². The molecule has 1 heterocycles. The van der Waals surface area contributed by atoms with Crippen molar-refractivity contribution < 1.29 is 8.42 Å². The Morgan fingerprint density at radius 1 is 1.16 bits per heavy atom. The lowest BCUT2D eigenvalue weighted by atomic mass is 10.3. The van der Waals surface area contributed by atoms with Crippen molar-refractivity contribution in [3.8, 4) is 0 Å². The van der Waals surface area contributed by atoms with Crippen LogP contribution in [0.4, 0.5) is 17.2 Å². The highest BCUT2D eigenvalue weighted by Gasteiger charge is 2.03. The lowest BCUT2D eigenvalue weighted by Crippen LogP contribution is -2.10. The van der Waals surface area contributed by atoms with Gasteiger partial charge in [0.1, 0.15) is 5.82 Å². The zero-order chi connectivity index (χ0) is 13.9. The van der Waals surface area contributed by atoms with Crippen LogP contribution in [0.3, 0.4) is 0 Å². The van der Waals surface area contributed by atoms with Gasteiger partial charge < -0.3 is 5.32 Å². The van der Waals surface area contributed by atoms with Gasteiger partial charge in [0.15, 0.2) is 0 Å². The molecule has 100 valence electrons. The van der Waals surface area contributed by atoms with Gasteiger partial charge in [-0.25, -0.2) is 13.4 Å². The number of anilines is 3. The van der Waals surface area contributed by atoms with Gasteiger partial charge in [0.05, 0.1) is 18.1 Å². The molecule has 1 aromatic heterocycles. The molecule has 19 heavy (non-hydrogen) atoms. The summed E-state index contributed by atoms with van der Waals surface area (Å²) in [5.74, 6) is 0.277. The summed E-state index contributed by atoms with van der Waals surface area (Å²) in [6, 6.07) is 10.6. The number of halogens is 1. The van der Waals surface area contributed by atoms with Gasteiger partial charge in [-0.3, -0.25) is 4.72 Å². The largest absolute Gasteiger partial charge is 0.354 e. The lowest BCUT2D eigenvalue weighted by molar-refractivity contribution is 0.606. The number of sulfonamides is 1. The second-order valence-corrected chi connectivity index (χ2v) is 6.13. The molecule has 0 atom stereocenters. The normalized spacial score (nSPS) is 11.1. The molecule has 2 rings (SSSR count). The van der Waals surface area contributed by atoms with E-state index in [-0.39, 0.29) is 5.82 Å². The minimum atomic E-state index is -3.30. The first kappa shape index (κ1) is 13.6. The number of hydrogen-bond donors (Lipinski definition) is 2. The lowest BCUT2D eigenvalue weighted by Gasteiger charge is -2.07. The molecule has 7 heteroatoms. The van der Waals surface area contributed by atoms with Gasteiger partial charge in [-0.15, -0.1) is 0 Å². The molecule has 0 fully saturated rings. The molecule has 0 aliphatic carbocycles. The molecule has 2 N–H and O–H groups in total. The van der Waals surface area contributed by atoms with E-state index < -0.39 is 10.0 Å². The first-order chi connectivity index (χ1) is 8.92. The van der Waals surface area contributed by atoms with E-state index in [4.69, 9.17) is 11.6 Å². The molecule has 2 aromatic rings. The number of aromatic nitrogens is 1. The molecule has 0 unspecified atom stereocenters. The fraction of sp³-hybridized carbons (Fsp3) is 0.0833. The van der Waals surface area contributed by atoms with Crippen molar-refractivity contribution in [1.29, 1.82) is 0 Å². The molecule has 0 aliphatic heterocycles. The predicted octanol–water partition coefficient (Wildman–Crippen LogP) is 2.85. The van der Waals surface area contributed by atoms with Crippen LogP contribution in [0.1, 0.15) is 0 Å². The summed E-state index contributed by atoms with van der Waals surface area (Å²) < 4.78 is 24.4. The number of nitrogens with zero attached hydrogens (tertiary/aromatic N) is 1. The summed E-state index contributed by atoms with van der Waals surface area (Å²) in [6.07, 6.45) is 2.61. The first-order valence-electron chi connectivity index (χ1n) is 5.39. The maximum absolute atomic E-state index is 11.0. The molecule has 0 saturated carbocycles. The minimum Gasteiger partial charge on any atom is -0.354 e. The van der Waals surface area contributed by atoms with E-state index in [9.17, 15) is 8.42 Å². The van der Waals surface area contributed by atoms with Crippen molar-refractivity contribution in [2.24, 2.45) is 0 Å². The van der Waals surface area contributed by atoms with Crippen LogP contribution in [0.15, 0.2) is 42.6 Å². The average molecular weight is 298 g/mol. The quantitative estimate of drug-likeness (QED) is 0.910. The highest BCUT2D eigenvalue weighted by molar-refractivity contribution is 7.92. The van der Waals surface area contributed by atoms with Gasteiger partial charge in [0.2, 0.25) is 10.0 Å². The summed E-state index contributed by atoms with van der Waals surface area (Å²) >= 11 is 5.88. The molecule has 5 nitrogen and oxygen atoms in total. The fourth-order valence-electron chi connectivity index (χ4n) is 1.45. The monoisotopic (exact) mass is 297 g/mol. The molecular weight excluding hydrogens is 286 g/mol. The Balaban J connectivity index is 2.11. The van der Waals surface area contributed by atoms with Crippen molar-refractivity contribution in [2.45, 2.75) is 0 Å². The van der Waals surface area contributed by atoms with Crippen molar-refractivity contribution in [1.82, 2.24) is 4.98 Å². The average Bonchev–Trinajstić information content (AvgIpc) is 2.30. The molecular formula is C12H12ClN3O2S. The zero-order valence-electron chi connectivity index (χ0n) is 10.1. The Labute approximate surface area is 116 Å². The summed E-state index contributed by atoms with van der Waals surface area (Å²) in [7, 11) is -3.30. The van der Waals surface area contributed by atoms with Crippen LogP contribution in [-0.2, 0) is 10.0 Å². The second-order valence-electron chi connectivity index (χ2n) is 3.94. The van der Waals surface area contributed by atoms with Crippen LogP contribution in [0.25, 0.3) is 0 Å². The topological polar surface area (TPSA) is 71.1 Å². The Morgan fingerprint density at radius 3 is 2.53 bits per heavy atom. The highest BCUT2D eigenvalue weighted by Crippen LogP contribution is 2.20. The number of benzene rings is 1. The summed E-state index contributed by atoms with van der Waals surface area (Å²) in [5.41, 5.74) is 1.57. The molecule has 0 aliphatic rings. The number of pyridine rings is 1. The van der Waals surface area contributed by atoms with Gasteiger partial charge in [-0.1, -0.05) is 17.7 Å². The van der Waals surface area contributed by atoms with Crippen LogP contribution in [0, 0.1) is 0 Å². The van der Waals surface area contributed by atoms with Crippen molar-refractivity contribution >= 4 is 38.8 Å². The van der Waals surface area contributed by atoms with Gasteiger partial charge >= 0.3 is 0 Å². The summed E-state index contributed by atoms with van der Waals surface area (Å²) in [6.45, 7) is 0. The second kappa shape index (κ2) is 5.46. The van der Waals surface area contributed by atoms with Crippen LogP contribution in [-0.4, -0.2) is 19.7 Å². The van der Waals surface area contributed by atoms with Crippen LogP contribution in [0.5, 0.6) is 0 Å². The van der Waals surface area contributed by atoms with Crippen molar-refractivity contribution in [3.05, 3.63) is 47.6 Å². The molecule has 0 bridgehead atoms. The molecule has 1 aromatic carbocycles. The van der Waals surface area contributed by atoms with Crippen molar-refractivity contribution in [3.63, 3.8) is 0 Å². The van der Waals surface area contributed by atoms with Crippen LogP contribution in [0.2, 0.25) is 5.02 Å². The Bertz CT molecular complexity index is 672. The smallest absolute Gasteiger partial charge is 0.230 e. The standard InChI is InChI=1S/C12H12ClN3O2S/c1-19(17,18)16-12-6-5-11(8-14-12)15-10-4-2-3-9(13)7-10/h2-8,15H,1H3,(H,14,16). The van der Waals surface area contributed by atoms with E-state index >= 15 is 0 Å². The number of hydrogen-bond acceptors (Lipinski definition) is 4. The minimum absolute atomic E-state index is 0.277. The summed E-state index contributed by atoms with van der Waals surface area (Å²) in [5, 5.41) is 3.74. The molecule has 0 spiro atoms. The highest BCUT2D eigenvalue weighted by atomic mass is 35.5. The predicted molar refractivity (Wildman–Crippen MR) is 77.4 cm³/mol. The van der Waals surface area contributed by atoms with E-state index in [0.717, 1.165) is 17.6 Å². The molecule has 0 saturated heterocycles. The Hall–Kier alpha value is -1.79. The van der Waals surface area contributed by atoms with Gasteiger partial charge in [-0.2, -0.15) is 0 Å². The SMILES string of the molecule is CS(=O)(=O)Nc1ccc(Nc2cccc(Cl)c2)cn1. The molecule has 0 amide bonds. The third-order valence-corrected chi connectivity index (χ3v) is 2.98. The van der Waals surface area contributed by atoms with Gasteiger partial charge in [0.25, 0.3) is 0 Å². The fourth-order valence-corrected chi connectivity index (χ4v) is 2.14. The maximum atomic E-state index is 11.0. The zero-order valence-corrected chi connectivity index (χ0v) is 11.7. The van der Waals surface area contributed by atoms with Crippen LogP contribution >= 0.6 is 11.6 Å². The number of rotatable bonds is 4. The molecule has 0 radical (unpaired) electrons. The van der Waals surface area contributed by atoms with Gasteiger partial charge in [-0.05, 0) is 30.3 Å².